The van der Waals surface area contributed by atoms with Gasteiger partial charge in [0.1, 0.15) is 5.54 Å². The maximum absolute atomic E-state index is 12.1. The molecule has 1 aliphatic heterocycles. The van der Waals surface area contributed by atoms with Crippen molar-refractivity contribution in [1.29, 1.82) is 0 Å². The molecule has 0 aliphatic carbocycles. The third-order valence-corrected chi connectivity index (χ3v) is 4.77. The Morgan fingerprint density at radius 1 is 1.29 bits per heavy atom. The molecule has 0 N–H and O–H groups in total. The largest absolute Gasteiger partial charge is 0.468 e. The van der Waals surface area contributed by atoms with Gasteiger partial charge in [-0.1, -0.05) is 49.4 Å². The minimum absolute atomic E-state index is 0.114. The molecule has 0 amide bonds. The van der Waals surface area contributed by atoms with E-state index in [4.69, 9.17) is 4.74 Å². The number of esters is 1. The van der Waals surface area contributed by atoms with E-state index in [1.54, 1.807) is 0 Å². The fourth-order valence-corrected chi connectivity index (χ4v) is 3.37. The Balaban J connectivity index is 1.96. The summed E-state index contributed by atoms with van der Waals surface area (Å²) in [5, 5.41) is 2.50. The standard InChI is InChI=1S/C18H21NO2/c1-4-18(17(20)21-3)12-19(18)13(2)15-11-7-9-14-8-5-6-10-16(14)15/h5-11,13H,4,12H2,1-3H3/t13-,18?,19?/m1/s1. The van der Waals surface area contributed by atoms with E-state index in [2.05, 4.69) is 54.3 Å². The number of ether oxygens (including phenoxy) is 1. The lowest BCUT2D eigenvalue weighted by molar-refractivity contribution is -0.145. The first-order valence-electron chi connectivity index (χ1n) is 7.47. The van der Waals surface area contributed by atoms with Crippen molar-refractivity contribution in [3.8, 4) is 0 Å². The lowest BCUT2D eigenvalue weighted by Crippen LogP contribution is -2.31. The van der Waals surface area contributed by atoms with Crippen LogP contribution in [0.3, 0.4) is 0 Å². The molecule has 0 saturated carbocycles. The molecule has 0 spiro atoms. The molecule has 1 fully saturated rings. The molecule has 2 unspecified atom stereocenters. The number of carbonyl (C=O) groups excluding carboxylic acids is 1. The van der Waals surface area contributed by atoms with Gasteiger partial charge in [0.15, 0.2) is 0 Å². The van der Waals surface area contributed by atoms with Crippen LogP contribution in [0.2, 0.25) is 0 Å². The fourth-order valence-electron chi connectivity index (χ4n) is 3.37. The second-order valence-corrected chi connectivity index (χ2v) is 5.75. The van der Waals surface area contributed by atoms with Crippen LogP contribution in [0, 0.1) is 0 Å². The summed E-state index contributed by atoms with van der Waals surface area (Å²) >= 11 is 0. The van der Waals surface area contributed by atoms with Crippen LogP contribution in [-0.2, 0) is 9.53 Å². The van der Waals surface area contributed by atoms with Crippen LogP contribution in [0.25, 0.3) is 10.8 Å². The Hall–Kier alpha value is -1.87. The van der Waals surface area contributed by atoms with Gasteiger partial charge in [-0.25, -0.2) is 4.79 Å². The number of nitrogens with zero attached hydrogens (tertiary/aromatic N) is 1. The van der Waals surface area contributed by atoms with E-state index in [-0.39, 0.29) is 12.0 Å². The molecule has 0 bridgehead atoms. The summed E-state index contributed by atoms with van der Waals surface area (Å²) in [6.45, 7) is 5.00. The molecular formula is C18H21NO2. The van der Waals surface area contributed by atoms with Gasteiger partial charge in [0.25, 0.3) is 0 Å². The van der Waals surface area contributed by atoms with Crippen LogP contribution in [0.4, 0.5) is 0 Å². The third kappa shape index (κ3) is 2.12. The van der Waals surface area contributed by atoms with Crippen molar-refractivity contribution in [2.45, 2.75) is 31.8 Å². The smallest absolute Gasteiger partial charge is 0.327 e. The Morgan fingerprint density at radius 3 is 2.71 bits per heavy atom. The van der Waals surface area contributed by atoms with Crippen LogP contribution >= 0.6 is 0 Å². The zero-order chi connectivity index (χ0) is 15.0. The Bertz CT molecular complexity index is 676. The lowest BCUT2D eigenvalue weighted by atomic mass is 9.99. The Morgan fingerprint density at radius 2 is 2.00 bits per heavy atom. The van der Waals surface area contributed by atoms with Crippen molar-refractivity contribution in [2.75, 3.05) is 13.7 Å². The van der Waals surface area contributed by atoms with E-state index in [1.807, 2.05) is 6.92 Å². The molecule has 3 nitrogen and oxygen atoms in total. The number of carbonyl (C=O) groups is 1. The molecule has 3 heteroatoms. The fraction of sp³-hybridized carbons (Fsp3) is 0.389. The minimum atomic E-state index is -0.425. The molecule has 3 atom stereocenters. The van der Waals surface area contributed by atoms with E-state index >= 15 is 0 Å². The van der Waals surface area contributed by atoms with Crippen LogP contribution in [-0.4, -0.2) is 30.1 Å². The highest BCUT2D eigenvalue weighted by Crippen LogP contribution is 2.45. The highest BCUT2D eigenvalue weighted by molar-refractivity contribution is 5.87. The minimum Gasteiger partial charge on any atom is -0.468 e. The first-order valence-corrected chi connectivity index (χ1v) is 7.47. The lowest BCUT2D eigenvalue weighted by Gasteiger charge is -2.21. The van der Waals surface area contributed by atoms with E-state index in [0.717, 1.165) is 13.0 Å². The summed E-state index contributed by atoms with van der Waals surface area (Å²) in [7, 11) is 1.47. The van der Waals surface area contributed by atoms with Crippen molar-refractivity contribution in [3.05, 3.63) is 48.0 Å². The summed E-state index contributed by atoms with van der Waals surface area (Å²) in [4.78, 5) is 14.3. The van der Waals surface area contributed by atoms with E-state index < -0.39 is 5.54 Å². The Kier molecular flexibility index (Phi) is 3.46. The summed E-state index contributed by atoms with van der Waals surface area (Å²) in [5.74, 6) is -0.114. The topological polar surface area (TPSA) is 29.3 Å². The van der Waals surface area contributed by atoms with Gasteiger partial charge in [-0.15, -0.1) is 0 Å². The van der Waals surface area contributed by atoms with Gasteiger partial charge < -0.3 is 4.74 Å². The number of methoxy groups -OCH3 is 1. The predicted molar refractivity (Wildman–Crippen MR) is 84.1 cm³/mol. The summed E-state index contributed by atoms with van der Waals surface area (Å²) in [5.41, 5.74) is 0.845. The van der Waals surface area contributed by atoms with Crippen LogP contribution < -0.4 is 0 Å². The monoisotopic (exact) mass is 283 g/mol. The molecule has 1 saturated heterocycles. The van der Waals surface area contributed by atoms with E-state index in [0.29, 0.717) is 0 Å². The van der Waals surface area contributed by atoms with E-state index in [1.165, 1.54) is 23.4 Å². The first-order chi connectivity index (χ1) is 10.1. The van der Waals surface area contributed by atoms with Gasteiger partial charge >= 0.3 is 5.97 Å². The highest BCUT2D eigenvalue weighted by atomic mass is 16.5. The zero-order valence-electron chi connectivity index (χ0n) is 12.8. The molecule has 2 aromatic rings. The Labute approximate surface area is 125 Å². The summed E-state index contributed by atoms with van der Waals surface area (Å²) in [6, 6.07) is 15.0. The first kappa shape index (κ1) is 14.1. The van der Waals surface area contributed by atoms with Crippen molar-refractivity contribution in [2.24, 2.45) is 0 Å². The molecule has 110 valence electrons. The highest BCUT2D eigenvalue weighted by Gasteiger charge is 2.59. The number of benzene rings is 2. The van der Waals surface area contributed by atoms with Crippen LogP contribution in [0.15, 0.2) is 42.5 Å². The number of hydrogen-bond acceptors (Lipinski definition) is 3. The molecular weight excluding hydrogens is 262 g/mol. The predicted octanol–water partition coefficient (Wildman–Crippen LogP) is 3.54. The number of hydrogen-bond donors (Lipinski definition) is 0. The third-order valence-electron chi connectivity index (χ3n) is 4.77. The average molecular weight is 283 g/mol. The zero-order valence-corrected chi connectivity index (χ0v) is 12.8. The number of fused-ring (bicyclic) bond motifs is 1. The average Bonchev–Trinajstić information content (AvgIpc) is 3.29. The van der Waals surface area contributed by atoms with Gasteiger partial charge in [0, 0.05) is 12.6 Å². The van der Waals surface area contributed by atoms with Gasteiger partial charge in [0.05, 0.1) is 7.11 Å². The van der Waals surface area contributed by atoms with Crippen LogP contribution in [0.5, 0.6) is 0 Å². The maximum atomic E-state index is 12.1. The van der Waals surface area contributed by atoms with Crippen molar-refractivity contribution < 1.29 is 9.53 Å². The van der Waals surface area contributed by atoms with Gasteiger partial charge in [-0.2, -0.15) is 0 Å². The summed E-state index contributed by atoms with van der Waals surface area (Å²) in [6.07, 6.45) is 0.786. The van der Waals surface area contributed by atoms with Crippen molar-refractivity contribution in [1.82, 2.24) is 4.90 Å². The molecule has 1 aliphatic rings. The normalized spacial score (nSPS) is 25.6. The van der Waals surface area contributed by atoms with Gasteiger partial charge in [-0.3, -0.25) is 4.90 Å². The van der Waals surface area contributed by atoms with Gasteiger partial charge in [-0.05, 0) is 29.7 Å². The SMILES string of the molecule is CCC1(C(=O)OC)CN1[C@H](C)c1cccc2ccccc12. The molecule has 0 radical (unpaired) electrons. The van der Waals surface area contributed by atoms with Crippen molar-refractivity contribution in [3.63, 3.8) is 0 Å². The second-order valence-electron chi connectivity index (χ2n) is 5.75. The molecule has 0 aromatic heterocycles. The van der Waals surface area contributed by atoms with Crippen LogP contribution in [0.1, 0.15) is 31.9 Å². The molecule has 21 heavy (non-hydrogen) atoms. The quantitative estimate of drug-likeness (QED) is 0.635. The van der Waals surface area contributed by atoms with E-state index in [9.17, 15) is 4.79 Å². The second kappa shape index (κ2) is 5.15. The molecule has 1 heterocycles. The maximum Gasteiger partial charge on any atom is 0.327 e. The number of rotatable bonds is 4. The van der Waals surface area contributed by atoms with Gasteiger partial charge in [0.2, 0.25) is 0 Å². The van der Waals surface area contributed by atoms with Crippen molar-refractivity contribution >= 4 is 16.7 Å². The summed E-state index contributed by atoms with van der Waals surface area (Å²) < 4.78 is 4.99. The molecule has 2 aromatic carbocycles. The molecule has 3 rings (SSSR count).